The molecule has 0 aliphatic rings. The number of nitrogens with zero attached hydrogens (tertiary/aromatic N) is 1. The standard InChI is InChI=1S/C10H22NO3/c1-2-3-4-11(5-8-12,6-9-13)7-10-14/h2-3,12-14H,4-10H2,1H3/q+1. The van der Waals surface area contributed by atoms with Gasteiger partial charge in [-0.2, -0.15) is 0 Å². The van der Waals surface area contributed by atoms with Gasteiger partial charge in [0.2, 0.25) is 0 Å². The fraction of sp³-hybridized carbons (Fsp3) is 0.800. The van der Waals surface area contributed by atoms with Gasteiger partial charge in [0.05, 0.1) is 26.4 Å². The van der Waals surface area contributed by atoms with Crippen LogP contribution in [0.4, 0.5) is 0 Å². The molecule has 0 radical (unpaired) electrons. The van der Waals surface area contributed by atoms with Crippen molar-refractivity contribution in [2.45, 2.75) is 6.92 Å². The molecule has 0 saturated carbocycles. The van der Waals surface area contributed by atoms with E-state index in [-0.39, 0.29) is 19.8 Å². The Bertz CT molecular complexity index is 142. The normalized spacial score (nSPS) is 12.6. The fourth-order valence-electron chi connectivity index (χ4n) is 1.57. The minimum atomic E-state index is 0.0809. The van der Waals surface area contributed by atoms with Crippen LogP contribution in [0.2, 0.25) is 0 Å². The molecule has 0 aromatic heterocycles. The van der Waals surface area contributed by atoms with E-state index in [0.29, 0.717) is 24.1 Å². The van der Waals surface area contributed by atoms with Crippen molar-refractivity contribution in [2.75, 3.05) is 46.0 Å². The van der Waals surface area contributed by atoms with Gasteiger partial charge in [-0.25, -0.2) is 0 Å². The third-order valence-electron chi connectivity index (χ3n) is 2.45. The number of hydrogen-bond donors (Lipinski definition) is 3. The lowest BCUT2D eigenvalue weighted by Gasteiger charge is -2.36. The minimum Gasteiger partial charge on any atom is -0.391 e. The number of aliphatic hydroxyl groups is 3. The fourth-order valence-corrected chi connectivity index (χ4v) is 1.57. The number of allylic oxidation sites excluding steroid dienone is 1. The summed E-state index contributed by atoms with van der Waals surface area (Å²) in [6.45, 7) is 4.65. The molecule has 0 unspecified atom stereocenters. The summed E-state index contributed by atoms with van der Waals surface area (Å²) in [5.41, 5.74) is 0. The van der Waals surface area contributed by atoms with E-state index in [4.69, 9.17) is 15.3 Å². The monoisotopic (exact) mass is 204 g/mol. The van der Waals surface area contributed by atoms with E-state index in [1.54, 1.807) is 0 Å². The van der Waals surface area contributed by atoms with Gasteiger partial charge in [-0.15, -0.1) is 0 Å². The van der Waals surface area contributed by atoms with Crippen LogP contribution < -0.4 is 0 Å². The second kappa shape index (κ2) is 7.94. The lowest BCUT2D eigenvalue weighted by Crippen LogP contribution is -2.53. The molecule has 0 saturated heterocycles. The zero-order chi connectivity index (χ0) is 10.9. The predicted molar refractivity (Wildman–Crippen MR) is 55.8 cm³/mol. The Kier molecular flexibility index (Phi) is 7.70. The van der Waals surface area contributed by atoms with Gasteiger partial charge < -0.3 is 19.8 Å². The second-order valence-electron chi connectivity index (χ2n) is 3.43. The molecule has 4 nitrogen and oxygen atoms in total. The van der Waals surface area contributed by atoms with E-state index in [1.807, 2.05) is 19.1 Å². The van der Waals surface area contributed by atoms with E-state index in [1.165, 1.54) is 0 Å². The van der Waals surface area contributed by atoms with Gasteiger partial charge in [0.1, 0.15) is 19.6 Å². The summed E-state index contributed by atoms with van der Waals surface area (Å²) in [6.07, 6.45) is 3.94. The van der Waals surface area contributed by atoms with Crippen molar-refractivity contribution in [1.82, 2.24) is 0 Å². The van der Waals surface area contributed by atoms with Crippen LogP contribution in [-0.4, -0.2) is 65.8 Å². The maximum atomic E-state index is 8.95. The molecule has 4 heteroatoms. The molecular weight excluding hydrogens is 182 g/mol. The Morgan fingerprint density at radius 2 is 1.36 bits per heavy atom. The zero-order valence-electron chi connectivity index (χ0n) is 8.89. The molecule has 0 atom stereocenters. The van der Waals surface area contributed by atoms with Gasteiger partial charge in [0, 0.05) is 0 Å². The van der Waals surface area contributed by atoms with Crippen molar-refractivity contribution >= 4 is 0 Å². The van der Waals surface area contributed by atoms with Gasteiger partial charge in [-0.1, -0.05) is 6.08 Å². The van der Waals surface area contributed by atoms with Crippen LogP contribution in [0, 0.1) is 0 Å². The smallest absolute Gasteiger partial charge is 0.102 e. The maximum Gasteiger partial charge on any atom is 0.102 e. The number of rotatable bonds is 8. The number of quaternary nitrogens is 1. The molecule has 3 N–H and O–H groups in total. The summed E-state index contributed by atoms with van der Waals surface area (Å²) in [4.78, 5) is 0. The van der Waals surface area contributed by atoms with Crippen LogP contribution in [0.15, 0.2) is 12.2 Å². The van der Waals surface area contributed by atoms with E-state index >= 15 is 0 Å². The Morgan fingerprint density at radius 3 is 1.64 bits per heavy atom. The van der Waals surface area contributed by atoms with Gasteiger partial charge in [0.15, 0.2) is 0 Å². The quantitative estimate of drug-likeness (QED) is 0.364. The molecular formula is C10H22NO3+. The Hall–Kier alpha value is -0.420. The van der Waals surface area contributed by atoms with Gasteiger partial charge >= 0.3 is 0 Å². The van der Waals surface area contributed by atoms with Crippen LogP contribution in [0.25, 0.3) is 0 Å². The SMILES string of the molecule is CC=CC[N+](CCO)(CCO)CCO. The van der Waals surface area contributed by atoms with E-state index in [0.717, 1.165) is 6.54 Å². The van der Waals surface area contributed by atoms with Crippen molar-refractivity contribution in [2.24, 2.45) is 0 Å². The zero-order valence-corrected chi connectivity index (χ0v) is 8.89. The summed E-state index contributed by atoms with van der Waals surface area (Å²) < 4.78 is 0.549. The summed E-state index contributed by atoms with van der Waals surface area (Å²) in [6, 6.07) is 0. The molecule has 0 aliphatic carbocycles. The van der Waals surface area contributed by atoms with Crippen LogP contribution >= 0.6 is 0 Å². The first-order chi connectivity index (χ1) is 6.74. The average molecular weight is 204 g/mol. The molecule has 0 aromatic rings. The van der Waals surface area contributed by atoms with Crippen LogP contribution in [0.3, 0.4) is 0 Å². The molecule has 0 fully saturated rings. The highest BCUT2D eigenvalue weighted by Gasteiger charge is 2.23. The molecule has 0 rings (SSSR count). The third kappa shape index (κ3) is 4.72. The molecule has 84 valence electrons. The van der Waals surface area contributed by atoms with E-state index in [9.17, 15) is 0 Å². The molecule has 0 amide bonds. The van der Waals surface area contributed by atoms with Gasteiger partial charge in [0.25, 0.3) is 0 Å². The maximum absolute atomic E-state index is 8.95. The van der Waals surface area contributed by atoms with Crippen molar-refractivity contribution in [1.29, 1.82) is 0 Å². The average Bonchev–Trinajstić information content (AvgIpc) is 2.16. The Morgan fingerprint density at radius 1 is 0.929 bits per heavy atom. The first-order valence-electron chi connectivity index (χ1n) is 5.03. The first kappa shape index (κ1) is 13.6. The predicted octanol–water partition coefficient (Wildman–Crippen LogP) is -0.644. The summed E-state index contributed by atoms with van der Waals surface area (Å²) in [5, 5.41) is 26.9. The highest BCUT2D eigenvalue weighted by atomic mass is 16.3. The van der Waals surface area contributed by atoms with Crippen LogP contribution in [0.1, 0.15) is 6.92 Å². The second-order valence-corrected chi connectivity index (χ2v) is 3.43. The molecule has 0 aliphatic heterocycles. The lowest BCUT2D eigenvalue weighted by molar-refractivity contribution is -0.923. The number of hydrogen-bond acceptors (Lipinski definition) is 3. The highest BCUT2D eigenvalue weighted by Crippen LogP contribution is 2.05. The number of aliphatic hydroxyl groups excluding tert-OH is 3. The topological polar surface area (TPSA) is 60.7 Å². The molecule has 0 spiro atoms. The highest BCUT2D eigenvalue weighted by molar-refractivity contribution is 4.77. The van der Waals surface area contributed by atoms with Gasteiger partial charge in [-0.3, -0.25) is 0 Å². The molecule has 0 bridgehead atoms. The van der Waals surface area contributed by atoms with E-state index < -0.39 is 0 Å². The summed E-state index contributed by atoms with van der Waals surface area (Å²) in [7, 11) is 0. The first-order valence-corrected chi connectivity index (χ1v) is 5.03. The molecule has 14 heavy (non-hydrogen) atoms. The molecule has 0 aromatic carbocycles. The summed E-state index contributed by atoms with van der Waals surface area (Å²) >= 11 is 0. The van der Waals surface area contributed by atoms with E-state index in [2.05, 4.69) is 0 Å². The van der Waals surface area contributed by atoms with Crippen LogP contribution in [-0.2, 0) is 0 Å². The van der Waals surface area contributed by atoms with Crippen LogP contribution in [0.5, 0.6) is 0 Å². The summed E-state index contributed by atoms with van der Waals surface area (Å²) in [5.74, 6) is 0. The van der Waals surface area contributed by atoms with Crippen molar-refractivity contribution in [3.63, 3.8) is 0 Å². The minimum absolute atomic E-state index is 0.0809. The largest absolute Gasteiger partial charge is 0.391 e. The lowest BCUT2D eigenvalue weighted by atomic mass is 10.3. The Balaban J connectivity index is 4.36. The van der Waals surface area contributed by atoms with Crippen molar-refractivity contribution in [3.05, 3.63) is 12.2 Å². The van der Waals surface area contributed by atoms with Crippen molar-refractivity contribution in [3.8, 4) is 0 Å². The molecule has 0 heterocycles. The van der Waals surface area contributed by atoms with Gasteiger partial charge in [-0.05, 0) is 13.0 Å². The van der Waals surface area contributed by atoms with Crippen molar-refractivity contribution < 1.29 is 19.8 Å². The third-order valence-corrected chi connectivity index (χ3v) is 2.45. The Labute approximate surface area is 85.7 Å².